The molecule has 1 saturated heterocycles. The van der Waals surface area contributed by atoms with Crippen molar-refractivity contribution in [2.24, 2.45) is 0 Å². The molecule has 0 bridgehead atoms. The van der Waals surface area contributed by atoms with Crippen molar-refractivity contribution in [3.8, 4) is 0 Å². The van der Waals surface area contributed by atoms with E-state index in [0.717, 1.165) is 11.4 Å². The molecule has 1 atom stereocenters. The average Bonchev–Trinajstić information content (AvgIpc) is 2.79. The van der Waals surface area contributed by atoms with Crippen LogP contribution in [0.4, 0.5) is 0 Å². The van der Waals surface area contributed by atoms with Crippen LogP contribution < -0.4 is 0 Å². The smallest absolute Gasteiger partial charge is 0.254 e. The van der Waals surface area contributed by atoms with Gasteiger partial charge in [0.15, 0.2) is 4.21 Å². The van der Waals surface area contributed by atoms with E-state index >= 15 is 0 Å². The maximum Gasteiger partial charge on any atom is 0.254 e. The Morgan fingerprint density at radius 3 is 2.38 bits per heavy atom. The molecule has 1 N–H and O–H groups in total. The van der Waals surface area contributed by atoms with E-state index in [9.17, 15) is 13.5 Å². The molecule has 6 nitrogen and oxygen atoms in total. The summed E-state index contributed by atoms with van der Waals surface area (Å²) in [7, 11) is -3.43. The monoisotopic (exact) mass is 333 g/mol. The summed E-state index contributed by atoms with van der Waals surface area (Å²) in [5, 5.41) is 10.4. The second-order valence-corrected chi connectivity index (χ2v) is 8.71. The van der Waals surface area contributed by atoms with Gasteiger partial charge in [-0.2, -0.15) is 4.31 Å². The van der Waals surface area contributed by atoms with Crippen LogP contribution in [0.15, 0.2) is 4.21 Å². The van der Waals surface area contributed by atoms with E-state index in [1.165, 1.54) is 15.6 Å². The Hall–Kier alpha value is -0.540. The summed E-state index contributed by atoms with van der Waals surface area (Å²) in [6.07, 6.45) is 0.386. The number of thiazole rings is 1. The fourth-order valence-corrected chi connectivity index (χ4v) is 5.49. The quantitative estimate of drug-likeness (QED) is 0.864. The van der Waals surface area contributed by atoms with E-state index in [1.807, 2.05) is 13.8 Å². The van der Waals surface area contributed by atoms with E-state index in [2.05, 4.69) is 9.88 Å². The summed E-state index contributed by atoms with van der Waals surface area (Å²) in [6.45, 7) is 8.37. The number of β-amino-alcohol motifs (C(OH)–C–C–N with tert-alkyl or cyclic N) is 1. The molecule has 0 aromatic carbocycles. The molecule has 0 radical (unpaired) electrons. The van der Waals surface area contributed by atoms with Crippen LogP contribution in [-0.4, -0.2) is 66.5 Å². The normalized spacial score (nSPS) is 19.8. The van der Waals surface area contributed by atoms with E-state index in [0.29, 0.717) is 42.6 Å². The fraction of sp³-hybridized carbons (Fsp3) is 0.769. The molecule has 0 saturated carbocycles. The lowest BCUT2D eigenvalue weighted by atomic mass is 10.2. The third kappa shape index (κ3) is 3.81. The minimum absolute atomic E-state index is 0.334. The van der Waals surface area contributed by atoms with Gasteiger partial charge in [0.25, 0.3) is 10.0 Å². The third-order valence-electron chi connectivity index (χ3n) is 3.71. The van der Waals surface area contributed by atoms with Gasteiger partial charge in [-0.25, -0.2) is 13.4 Å². The number of rotatable bonds is 5. The van der Waals surface area contributed by atoms with Crippen LogP contribution in [0.1, 0.15) is 24.0 Å². The molecule has 0 unspecified atom stereocenters. The number of aryl methyl sites for hydroxylation is 2. The molecule has 1 aliphatic rings. The summed E-state index contributed by atoms with van der Waals surface area (Å²) < 4.78 is 27.2. The molecule has 1 aromatic rings. The van der Waals surface area contributed by atoms with Crippen LogP contribution in [0.2, 0.25) is 0 Å². The maximum absolute atomic E-state index is 12.6. The lowest BCUT2D eigenvalue weighted by Crippen LogP contribution is -2.50. The zero-order chi connectivity index (χ0) is 15.6. The van der Waals surface area contributed by atoms with Gasteiger partial charge >= 0.3 is 0 Å². The predicted molar refractivity (Wildman–Crippen MR) is 83.1 cm³/mol. The molecule has 1 fully saturated rings. The molecule has 120 valence electrons. The second-order valence-electron chi connectivity index (χ2n) is 5.37. The summed E-state index contributed by atoms with van der Waals surface area (Å²) >= 11 is 1.24. The summed E-state index contributed by atoms with van der Waals surface area (Å²) in [5.41, 5.74) is 0.585. The first-order valence-electron chi connectivity index (χ1n) is 7.19. The van der Waals surface area contributed by atoms with E-state index in [-0.39, 0.29) is 6.10 Å². The van der Waals surface area contributed by atoms with Crippen molar-refractivity contribution in [1.29, 1.82) is 0 Å². The Labute approximate surface area is 130 Å². The Morgan fingerprint density at radius 2 is 1.90 bits per heavy atom. The number of aliphatic hydroxyl groups excluding tert-OH is 1. The molecule has 8 heteroatoms. The first kappa shape index (κ1) is 16.8. The molecular formula is C13H23N3O3S2. The summed E-state index contributed by atoms with van der Waals surface area (Å²) in [6, 6.07) is 0. The molecule has 2 rings (SSSR count). The molecule has 0 aliphatic carbocycles. The molecule has 1 aromatic heterocycles. The third-order valence-corrected chi connectivity index (χ3v) is 7.26. The SMILES string of the molecule is CC[C@H](O)CN1CCN(S(=O)(=O)c2sc(C)nc2C)CC1. The molecule has 2 heterocycles. The van der Waals surface area contributed by atoms with Crippen molar-refractivity contribution >= 4 is 21.4 Å². The Bertz CT molecular complexity index is 577. The second kappa shape index (κ2) is 6.70. The van der Waals surface area contributed by atoms with Crippen molar-refractivity contribution in [2.45, 2.75) is 37.5 Å². The van der Waals surface area contributed by atoms with Crippen molar-refractivity contribution in [3.05, 3.63) is 10.7 Å². The number of nitrogens with zero attached hydrogens (tertiary/aromatic N) is 3. The molecule has 1 aliphatic heterocycles. The first-order chi connectivity index (χ1) is 9.84. The summed E-state index contributed by atoms with van der Waals surface area (Å²) in [5.74, 6) is 0. The predicted octanol–water partition coefficient (Wildman–Crippen LogP) is 0.837. The highest BCUT2D eigenvalue weighted by molar-refractivity contribution is 7.91. The van der Waals surface area contributed by atoms with Gasteiger partial charge in [0.1, 0.15) is 0 Å². The lowest BCUT2D eigenvalue weighted by molar-refractivity contribution is 0.0897. The average molecular weight is 333 g/mol. The van der Waals surface area contributed by atoms with Gasteiger partial charge in [0.05, 0.1) is 16.8 Å². The number of piperazine rings is 1. The number of aromatic nitrogens is 1. The van der Waals surface area contributed by atoms with Gasteiger partial charge in [-0.3, -0.25) is 4.90 Å². The molecule has 21 heavy (non-hydrogen) atoms. The van der Waals surface area contributed by atoms with Crippen molar-refractivity contribution < 1.29 is 13.5 Å². The van der Waals surface area contributed by atoms with Gasteiger partial charge in [0.2, 0.25) is 0 Å². The van der Waals surface area contributed by atoms with Gasteiger partial charge in [-0.05, 0) is 20.3 Å². The zero-order valence-corrected chi connectivity index (χ0v) is 14.4. The van der Waals surface area contributed by atoms with Crippen molar-refractivity contribution in [2.75, 3.05) is 32.7 Å². The highest BCUT2D eigenvalue weighted by Crippen LogP contribution is 2.26. The van der Waals surface area contributed by atoms with Gasteiger partial charge in [0, 0.05) is 32.7 Å². The van der Waals surface area contributed by atoms with Gasteiger partial charge < -0.3 is 5.11 Å². The van der Waals surface area contributed by atoms with Gasteiger partial charge in [-0.1, -0.05) is 6.92 Å². The van der Waals surface area contributed by atoms with Crippen molar-refractivity contribution in [3.63, 3.8) is 0 Å². The van der Waals surface area contributed by atoms with E-state index in [1.54, 1.807) is 6.92 Å². The minimum Gasteiger partial charge on any atom is -0.392 e. The minimum atomic E-state index is -3.43. The molecule has 0 spiro atoms. The lowest BCUT2D eigenvalue weighted by Gasteiger charge is -2.34. The Morgan fingerprint density at radius 1 is 1.29 bits per heavy atom. The largest absolute Gasteiger partial charge is 0.392 e. The molecular weight excluding hydrogens is 310 g/mol. The number of sulfonamides is 1. The van der Waals surface area contributed by atoms with Crippen molar-refractivity contribution in [1.82, 2.24) is 14.2 Å². The summed E-state index contributed by atoms with van der Waals surface area (Å²) in [4.78, 5) is 6.32. The highest BCUT2D eigenvalue weighted by atomic mass is 32.2. The van der Waals surface area contributed by atoms with Crippen LogP contribution in [0.3, 0.4) is 0 Å². The Balaban J connectivity index is 2.03. The maximum atomic E-state index is 12.6. The van der Waals surface area contributed by atoms with Crippen LogP contribution in [0.25, 0.3) is 0 Å². The number of hydrogen-bond acceptors (Lipinski definition) is 6. The van der Waals surface area contributed by atoms with Crippen LogP contribution in [-0.2, 0) is 10.0 Å². The molecule has 0 amide bonds. The van der Waals surface area contributed by atoms with E-state index in [4.69, 9.17) is 0 Å². The number of aliphatic hydroxyl groups is 1. The van der Waals surface area contributed by atoms with Crippen LogP contribution >= 0.6 is 11.3 Å². The standard InChI is InChI=1S/C13H23N3O3S2/c1-4-12(17)9-15-5-7-16(8-6-15)21(18,19)13-10(2)14-11(3)20-13/h12,17H,4-9H2,1-3H3/t12-/m0/s1. The topological polar surface area (TPSA) is 73.7 Å². The van der Waals surface area contributed by atoms with Crippen LogP contribution in [0.5, 0.6) is 0 Å². The first-order valence-corrected chi connectivity index (χ1v) is 9.44. The van der Waals surface area contributed by atoms with Gasteiger partial charge in [-0.15, -0.1) is 11.3 Å². The fourth-order valence-electron chi connectivity index (χ4n) is 2.45. The highest BCUT2D eigenvalue weighted by Gasteiger charge is 2.31. The zero-order valence-electron chi connectivity index (χ0n) is 12.7. The van der Waals surface area contributed by atoms with E-state index < -0.39 is 10.0 Å². The number of hydrogen-bond donors (Lipinski definition) is 1. The van der Waals surface area contributed by atoms with Crippen LogP contribution in [0, 0.1) is 13.8 Å². The Kier molecular flexibility index (Phi) is 5.37.